The van der Waals surface area contributed by atoms with E-state index >= 15 is 0 Å². The second kappa shape index (κ2) is 9.95. The lowest BCUT2D eigenvalue weighted by atomic mass is 9.84. The van der Waals surface area contributed by atoms with E-state index in [1.807, 2.05) is 95.9 Å². The van der Waals surface area contributed by atoms with E-state index in [1.54, 1.807) is 0 Å². The Hall–Kier alpha value is -3.97. The number of nitrogens with zero attached hydrogens (tertiary/aromatic N) is 1. The van der Waals surface area contributed by atoms with Gasteiger partial charge in [0, 0.05) is 0 Å². The lowest BCUT2D eigenvalue weighted by Gasteiger charge is -2.45. The van der Waals surface area contributed by atoms with Gasteiger partial charge in [0.2, 0.25) is 0 Å². The summed E-state index contributed by atoms with van der Waals surface area (Å²) in [4.78, 5) is 42.1. The maximum absolute atomic E-state index is 13.7. The largest absolute Gasteiger partial charge is 0.469 e. The van der Waals surface area contributed by atoms with Gasteiger partial charge in [0.15, 0.2) is 0 Å². The van der Waals surface area contributed by atoms with Crippen LogP contribution in [0.3, 0.4) is 0 Å². The van der Waals surface area contributed by atoms with Crippen LogP contribution in [-0.4, -0.2) is 43.1 Å². The van der Waals surface area contributed by atoms with Crippen molar-refractivity contribution in [1.82, 2.24) is 4.90 Å². The number of cyclic esters (lactones) is 1. The summed E-state index contributed by atoms with van der Waals surface area (Å²) in [5, 5.41) is 0. The van der Waals surface area contributed by atoms with Gasteiger partial charge in [-0.05, 0) is 16.7 Å². The number of benzene rings is 3. The summed E-state index contributed by atoms with van der Waals surface area (Å²) >= 11 is 0. The lowest BCUT2D eigenvalue weighted by Crippen LogP contribution is -2.52. The molecule has 184 valence electrons. The number of esters is 3. The smallest absolute Gasteiger partial charge is 0.325 e. The average Bonchev–Trinajstić information content (AvgIpc) is 3.30. The van der Waals surface area contributed by atoms with Crippen LogP contribution in [0.5, 0.6) is 0 Å². The van der Waals surface area contributed by atoms with E-state index in [0.717, 1.165) is 16.7 Å². The van der Waals surface area contributed by atoms with Crippen molar-refractivity contribution in [3.05, 3.63) is 108 Å². The molecule has 5 rings (SSSR count). The highest BCUT2D eigenvalue weighted by molar-refractivity contribution is 5.91. The van der Waals surface area contributed by atoms with E-state index in [0.29, 0.717) is 0 Å². The molecule has 2 aliphatic rings. The normalized spacial score (nSPS) is 27.6. The van der Waals surface area contributed by atoms with E-state index in [-0.39, 0.29) is 0 Å². The van der Waals surface area contributed by atoms with Crippen LogP contribution in [0.25, 0.3) is 0 Å². The highest BCUT2D eigenvalue weighted by Gasteiger charge is 2.64. The first-order valence-corrected chi connectivity index (χ1v) is 11.8. The summed E-state index contributed by atoms with van der Waals surface area (Å²) < 4.78 is 16.4. The van der Waals surface area contributed by atoms with Crippen LogP contribution in [0.4, 0.5) is 0 Å². The fourth-order valence-corrected chi connectivity index (χ4v) is 5.71. The molecule has 2 fully saturated rings. The quantitative estimate of drug-likeness (QED) is 0.399. The maximum atomic E-state index is 13.7. The van der Waals surface area contributed by atoms with Gasteiger partial charge in [-0.1, -0.05) is 91.0 Å². The first-order chi connectivity index (χ1) is 17.6. The predicted octanol–water partition coefficient (Wildman–Crippen LogP) is 4.03. The molecule has 0 amide bonds. The molecule has 36 heavy (non-hydrogen) atoms. The third kappa shape index (κ3) is 3.95. The van der Waals surface area contributed by atoms with Crippen molar-refractivity contribution in [2.45, 2.75) is 24.2 Å². The minimum absolute atomic E-state index is 0.469. The van der Waals surface area contributed by atoms with Crippen LogP contribution >= 0.6 is 0 Å². The van der Waals surface area contributed by atoms with Crippen molar-refractivity contribution >= 4 is 17.9 Å². The van der Waals surface area contributed by atoms with Crippen LogP contribution in [0.15, 0.2) is 91.0 Å². The van der Waals surface area contributed by atoms with Gasteiger partial charge in [-0.25, -0.2) is 0 Å². The molecule has 0 N–H and O–H groups in total. The van der Waals surface area contributed by atoms with Crippen LogP contribution in [0.1, 0.15) is 34.9 Å². The summed E-state index contributed by atoms with van der Waals surface area (Å²) in [5.74, 6) is -3.87. The van der Waals surface area contributed by atoms with Crippen LogP contribution in [0, 0.1) is 11.8 Å². The van der Waals surface area contributed by atoms with Crippen molar-refractivity contribution in [3.8, 4) is 0 Å². The molecule has 0 spiro atoms. The number of carbonyl (C=O) groups excluding carboxylic acids is 3. The highest BCUT2D eigenvalue weighted by Crippen LogP contribution is 2.56. The fourth-order valence-electron chi connectivity index (χ4n) is 5.71. The first kappa shape index (κ1) is 23.8. The van der Waals surface area contributed by atoms with Crippen molar-refractivity contribution in [2.75, 3.05) is 14.2 Å². The Labute approximate surface area is 209 Å². The number of hydrogen-bond donors (Lipinski definition) is 0. The lowest BCUT2D eigenvalue weighted by molar-refractivity contribution is -0.180. The number of fused-ring (bicyclic) bond motifs is 1. The summed E-state index contributed by atoms with van der Waals surface area (Å²) in [6.45, 7) is 0. The molecule has 3 aromatic carbocycles. The Bertz CT molecular complexity index is 1230. The van der Waals surface area contributed by atoms with Crippen molar-refractivity contribution in [3.63, 3.8) is 0 Å². The van der Waals surface area contributed by atoms with Gasteiger partial charge in [-0.2, -0.15) is 0 Å². The molecule has 7 heteroatoms. The molecule has 2 heterocycles. The van der Waals surface area contributed by atoms with Gasteiger partial charge >= 0.3 is 17.9 Å². The monoisotopic (exact) mass is 485 g/mol. The molecule has 7 nitrogen and oxygen atoms in total. The zero-order valence-electron chi connectivity index (χ0n) is 20.0. The van der Waals surface area contributed by atoms with E-state index in [1.165, 1.54) is 14.2 Å². The Morgan fingerprint density at radius 1 is 0.639 bits per heavy atom. The van der Waals surface area contributed by atoms with Crippen LogP contribution in [-0.2, 0) is 28.6 Å². The minimum Gasteiger partial charge on any atom is -0.469 e. The predicted molar refractivity (Wildman–Crippen MR) is 130 cm³/mol. The van der Waals surface area contributed by atoms with Crippen LogP contribution < -0.4 is 0 Å². The van der Waals surface area contributed by atoms with Crippen molar-refractivity contribution in [1.29, 1.82) is 0 Å². The zero-order valence-corrected chi connectivity index (χ0v) is 20.0. The second-order valence-corrected chi connectivity index (χ2v) is 8.97. The Morgan fingerprint density at radius 3 is 1.53 bits per heavy atom. The highest BCUT2D eigenvalue weighted by atomic mass is 16.6. The topological polar surface area (TPSA) is 82.1 Å². The van der Waals surface area contributed by atoms with Crippen molar-refractivity contribution in [2.24, 2.45) is 11.8 Å². The Kier molecular flexibility index (Phi) is 6.57. The molecule has 0 saturated carbocycles. The second-order valence-electron chi connectivity index (χ2n) is 8.97. The molecule has 2 saturated heterocycles. The SMILES string of the molecule is COC(=O)[C@@H]1[C@H](C(=O)OC)[C@H](c2ccccc2)N2[C@@H]1C(=O)O[C@H](c1ccccc1)[C@@H]2c1ccccc1. The molecular weight excluding hydrogens is 458 g/mol. The number of methoxy groups -OCH3 is 2. The summed E-state index contributed by atoms with van der Waals surface area (Å²) in [6.07, 6.45) is -0.654. The van der Waals surface area contributed by atoms with Gasteiger partial charge < -0.3 is 14.2 Å². The molecule has 0 aliphatic carbocycles. The molecular formula is C29H27NO6. The van der Waals surface area contributed by atoms with Gasteiger partial charge in [-0.15, -0.1) is 0 Å². The minimum atomic E-state index is -1.09. The number of morpholine rings is 1. The fraction of sp³-hybridized carbons (Fsp3) is 0.276. The Morgan fingerprint density at radius 2 is 1.06 bits per heavy atom. The summed E-state index contributed by atoms with van der Waals surface area (Å²) in [7, 11) is 2.54. The average molecular weight is 486 g/mol. The number of ether oxygens (including phenoxy) is 3. The summed E-state index contributed by atoms with van der Waals surface area (Å²) in [5.41, 5.74) is 2.52. The van der Waals surface area contributed by atoms with Crippen LogP contribution in [0.2, 0.25) is 0 Å². The van der Waals surface area contributed by atoms with E-state index in [9.17, 15) is 14.4 Å². The standard InChI is InChI=1S/C29H27NO6/c1-34-27(31)21-22(28(32)35-2)25-29(33)36-26(20-16-10-5-11-17-20)24(19-14-8-4-9-15-19)30(25)23(21)18-12-6-3-7-13-18/h3-17,21-26H,1-2H3/t21-,22+,23-,24-,25-,26+/m0/s1. The van der Waals surface area contributed by atoms with Crippen molar-refractivity contribution < 1.29 is 28.6 Å². The van der Waals surface area contributed by atoms with Gasteiger partial charge in [0.05, 0.1) is 38.1 Å². The maximum Gasteiger partial charge on any atom is 0.325 e. The number of carbonyl (C=O) groups is 3. The molecule has 2 aliphatic heterocycles. The van der Waals surface area contributed by atoms with Gasteiger partial charge in [0.25, 0.3) is 0 Å². The molecule has 0 bridgehead atoms. The molecule has 6 atom stereocenters. The van der Waals surface area contributed by atoms with Gasteiger partial charge in [-0.3, -0.25) is 19.3 Å². The molecule has 0 aromatic heterocycles. The van der Waals surface area contributed by atoms with E-state index in [4.69, 9.17) is 14.2 Å². The summed E-state index contributed by atoms with van der Waals surface area (Å²) in [6, 6.07) is 26.5. The molecule has 3 aromatic rings. The third-order valence-electron chi connectivity index (χ3n) is 7.16. The first-order valence-electron chi connectivity index (χ1n) is 11.8. The molecule has 0 radical (unpaired) electrons. The van der Waals surface area contributed by atoms with E-state index in [2.05, 4.69) is 0 Å². The van der Waals surface area contributed by atoms with E-state index < -0.39 is 54.0 Å². The number of hydrogen-bond acceptors (Lipinski definition) is 7. The van der Waals surface area contributed by atoms with Gasteiger partial charge in [0.1, 0.15) is 12.1 Å². The third-order valence-corrected chi connectivity index (χ3v) is 7.16. The zero-order chi connectivity index (χ0) is 25.2. The molecule has 0 unspecified atom stereocenters. The Balaban J connectivity index is 1.76. The number of rotatable bonds is 5.